The predicted octanol–water partition coefficient (Wildman–Crippen LogP) is 8.70. The minimum atomic E-state index is 0.0439. The van der Waals surface area contributed by atoms with Gasteiger partial charge in [-0.3, -0.25) is 5.41 Å². The van der Waals surface area contributed by atoms with E-state index in [4.69, 9.17) is 9.26 Å². The van der Waals surface area contributed by atoms with Crippen molar-refractivity contribution in [1.29, 1.82) is 5.41 Å². The van der Waals surface area contributed by atoms with Gasteiger partial charge in [0.25, 0.3) is 0 Å². The molecule has 10 nitrogen and oxygen atoms in total. The van der Waals surface area contributed by atoms with Gasteiger partial charge in [-0.2, -0.15) is 0 Å². The van der Waals surface area contributed by atoms with Gasteiger partial charge in [-0.05, 0) is 95.8 Å². The molecule has 1 aliphatic rings. The molecule has 0 bridgehead atoms. The van der Waals surface area contributed by atoms with E-state index in [1.54, 1.807) is 6.07 Å². The van der Waals surface area contributed by atoms with E-state index < -0.39 is 0 Å². The Hall–Kier alpha value is -6.94. The first-order valence-electron chi connectivity index (χ1n) is 15.2. The van der Waals surface area contributed by atoms with Crippen LogP contribution in [-0.2, 0) is 0 Å². The topological polar surface area (TPSA) is 138 Å². The summed E-state index contributed by atoms with van der Waals surface area (Å²) < 4.78 is 10.5. The van der Waals surface area contributed by atoms with Gasteiger partial charge >= 0.3 is 0 Å². The zero-order valence-electron chi connectivity index (χ0n) is 25.1. The fraction of sp³-hybridized carbons (Fsp3) is 0. The number of hydrogen-bond donors (Lipinski definition) is 2. The summed E-state index contributed by atoms with van der Waals surface area (Å²) in [5.41, 5.74) is 6.92. The molecule has 10 heteroatoms. The van der Waals surface area contributed by atoms with Crippen LogP contribution in [0.5, 0.6) is 0 Å². The van der Waals surface area contributed by atoms with Crippen molar-refractivity contribution in [3.8, 4) is 11.1 Å². The largest absolute Gasteiger partial charge is 0.410 e. The molecule has 0 unspecified atom stereocenters. The highest BCUT2D eigenvalue weighted by Crippen LogP contribution is 2.43. The summed E-state index contributed by atoms with van der Waals surface area (Å²) in [7, 11) is 0. The van der Waals surface area contributed by atoms with E-state index >= 15 is 0 Å². The van der Waals surface area contributed by atoms with Gasteiger partial charge in [-0.15, -0.1) is 0 Å². The molecule has 9 rings (SSSR count). The van der Waals surface area contributed by atoms with Crippen LogP contribution in [0.15, 0.2) is 148 Å². The lowest BCUT2D eigenvalue weighted by Crippen LogP contribution is -2.31. The zero-order chi connectivity index (χ0) is 32.2. The summed E-state index contributed by atoms with van der Waals surface area (Å²) in [4.78, 5) is 1.83. The van der Waals surface area contributed by atoms with Crippen LogP contribution in [-0.4, -0.2) is 37.3 Å². The lowest BCUT2D eigenvalue weighted by molar-refractivity contribution is 0.315. The minimum absolute atomic E-state index is 0.0439. The Morgan fingerprint density at radius 2 is 1.29 bits per heavy atom. The van der Waals surface area contributed by atoms with Crippen LogP contribution in [0.25, 0.3) is 60.3 Å². The van der Waals surface area contributed by atoms with Crippen molar-refractivity contribution in [2.75, 3.05) is 4.90 Å². The molecular weight excluding hydrogens is 602 g/mol. The molecule has 1 aliphatic carbocycles. The second kappa shape index (κ2) is 10.8. The molecule has 8 aromatic rings. The molecule has 0 atom stereocenters. The first-order chi connectivity index (χ1) is 23.7. The molecule has 6 aromatic carbocycles. The Bertz CT molecular complexity index is 2620. The highest BCUT2D eigenvalue weighted by Gasteiger charge is 2.32. The standard InChI is InChI=1S/C38H23N7O3/c39-34-28(33-25-13-6-4-11-23(25)21-24-12-5-7-14-26(24)33)18-20-31(37(34)40-46)45(30-16-8-15-29-36(30)43-47-41-29)32-19-17-27(22-9-2-1-3-10-22)35-38(32)44-48-42-35/h1-21,39,46H/b39-34?,40-37-. The number of oxime groups is 1. The smallest absolute Gasteiger partial charge is 0.159 e. The Kier molecular flexibility index (Phi) is 6.19. The molecule has 0 saturated heterocycles. The second-order valence-electron chi connectivity index (χ2n) is 11.4. The van der Waals surface area contributed by atoms with E-state index in [0.29, 0.717) is 44.7 Å². The second-order valence-corrected chi connectivity index (χ2v) is 11.4. The minimum Gasteiger partial charge on any atom is -0.410 e. The maximum absolute atomic E-state index is 10.7. The molecule has 0 amide bonds. The van der Waals surface area contributed by atoms with Gasteiger partial charge in [0.2, 0.25) is 0 Å². The molecule has 0 radical (unpaired) electrons. The van der Waals surface area contributed by atoms with Crippen molar-refractivity contribution in [1.82, 2.24) is 20.6 Å². The number of hydrogen-bond acceptors (Lipinski definition) is 10. The molecule has 228 valence electrons. The van der Waals surface area contributed by atoms with Gasteiger partial charge in [-0.1, -0.05) is 90.1 Å². The quantitative estimate of drug-likeness (QED) is 0.0838. The SMILES string of the molecule is N=C1C(c2c3ccccc3cc3ccccc23)=CC=C(N(c2cccc3nonc23)c2ccc(-c3ccccc3)c3nonc23)/C1=N/O. The zero-order valence-corrected chi connectivity index (χ0v) is 25.1. The van der Waals surface area contributed by atoms with E-state index in [1.807, 2.05) is 108 Å². The van der Waals surface area contributed by atoms with E-state index in [9.17, 15) is 10.6 Å². The highest BCUT2D eigenvalue weighted by molar-refractivity contribution is 6.63. The third-order valence-corrected chi connectivity index (χ3v) is 8.76. The first kappa shape index (κ1) is 27.4. The normalized spacial score (nSPS) is 14.2. The van der Waals surface area contributed by atoms with Gasteiger partial charge < -0.3 is 10.1 Å². The van der Waals surface area contributed by atoms with E-state index in [-0.39, 0.29) is 11.4 Å². The summed E-state index contributed by atoms with van der Waals surface area (Å²) in [5, 5.41) is 44.9. The summed E-state index contributed by atoms with van der Waals surface area (Å²) in [6.45, 7) is 0. The number of benzene rings is 6. The average molecular weight is 626 g/mol. The highest BCUT2D eigenvalue weighted by atomic mass is 16.6. The Morgan fingerprint density at radius 3 is 2.06 bits per heavy atom. The number of fused-ring (bicyclic) bond motifs is 4. The van der Waals surface area contributed by atoms with Crippen molar-refractivity contribution in [3.05, 3.63) is 139 Å². The van der Waals surface area contributed by atoms with Crippen molar-refractivity contribution >= 4 is 72.0 Å². The third kappa shape index (κ3) is 4.13. The number of nitrogens with zero attached hydrogens (tertiary/aromatic N) is 6. The molecule has 48 heavy (non-hydrogen) atoms. The third-order valence-electron chi connectivity index (χ3n) is 8.76. The van der Waals surface area contributed by atoms with Gasteiger partial charge in [-0.25, -0.2) is 9.26 Å². The van der Waals surface area contributed by atoms with Crippen LogP contribution >= 0.6 is 0 Å². The van der Waals surface area contributed by atoms with E-state index in [1.165, 1.54) is 0 Å². The maximum atomic E-state index is 10.7. The van der Waals surface area contributed by atoms with Crippen LogP contribution in [0.1, 0.15) is 5.56 Å². The lowest BCUT2D eigenvalue weighted by Gasteiger charge is -2.30. The van der Waals surface area contributed by atoms with Gasteiger partial charge in [0.05, 0.1) is 22.8 Å². The van der Waals surface area contributed by atoms with Crippen LogP contribution in [0, 0.1) is 5.41 Å². The lowest BCUT2D eigenvalue weighted by atomic mass is 9.85. The molecule has 2 N–H and O–H groups in total. The van der Waals surface area contributed by atoms with Crippen LogP contribution < -0.4 is 4.90 Å². The monoisotopic (exact) mass is 625 g/mol. The number of allylic oxidation sites excluding steroid dienone is 4. The van der Waals surface area contributed by atoms with Gasteiger partial charge in [0.1, 0.15) is 11.0 Å². The van der Waals surface area contributed by atoms with Crippen LogP contribution in [0.2, 0.25) is 0 Å². The fourth-order valence-corrected chi connectivity index (χ4v) is 6.62. The van der Waals surface area contributed by atoms with Crippen LogP contribution in [0.4, 0.5) is 11.4 Å². The van der Waals surface area contributed by atoms with Crippen molar-refractivity contribution < 1.29 is 14.5 Å². The summed E-state index contributed by atoms with van der Waals surface area (Å²) in [6.07, 6.45) is 3.74. The van der Waals surface area contributed by atoms with Gasteiger partial charge in [0.15, 0.2) is 16.7 Å². The van der Waals surface area contributed by atoms with Gasteiger partial charge in [0, 0.05) is 11.1 Å². The Labute approximate surface area is 271 Å². The van der Waals surface area contributed by atoms with E-state index in [2.05, 4.69) is 44.0 Å². The molecule has 2 aromatic heterocycles. The number of anilines is 2. The molecule has 0 saturated carbocycles. The van der Waals surface area contributed by atoms with Crippen LogP contribution in [0.3, 0.4) is 0 Å². The molecule has 0 aliphatic heterocycles. The van der Waals surface area contributed by atoms with Crippen molar-refractivity contribution in [2.24, 2.45) is 5.16 Å². The average Bonchev–Trinajstić information content (AvgIpc) is 3.83. The Morgan fingerprint density at radius 1 is 0.625 bits per heavy atom. The summed E-state index contributed by atoms with van der Waals surface area (Å²) >= 11 is 0. The van der Waals surface area contributed by atoms with Crippen molar-refractivity contribution in [2.45, 2.75) is 0 Å². The number of rotatable bonds is 5. The number of nitrogens with one attached hydrogen (secondary N) is 1. The predicted molar refractivity (Wildman–Crippen MR) is 186 cm³/mol. The molecular formula is C38H23N7O3. The van der Waals surface area contributed by atoms with Crippen molar-refractivity contribution in [3.63, 3.8) is 0 Å². The molecule has 0 fully saturated rings. The Balaban J connectivity index is 1.31. The molecule has 2 heterocycles. The first-order valence-corrected chi connectivity index (χ1v) is 15.2. The fourth-order valence-electron chi connectivity index (χ4n) is 6.62. The maximum Gasteiger partial charge on any atom is 0.159 e. The summed E-state index contributed by atoms with van der Waals surface area (Å²) in [6, 6.07) is 37.5. The molecule has 0 spiro atoms. The number of aromatic nitrogens is 4. The summed E-state index contributed by atoms with van der Waals surface area (Å²) in [5.74, 6) is 0. The van der Waals surface area contributed by atoms with E-state index in [0.717, 1.165) is 38.2 Å².